The van der Waals surface area contributed by atoms with E-state index >= 15 is 0 Å². The standard InChI is InChI=1S/C16H21NO4/c1-5-11(2)21-16(20)14(15(18)19)10-12-6-8-13(9-7-12)17(3)4/h6-11H,5H2,1-4H3,(H,18,19). The number of benzene rings is 1. The highest BCUT2D eigenvalue weighted by atomic mass is 16.5. The minimum Gasteiger partial charge on any atom is -0.477 e. The summed E-state index contributed by atoms with van der Waals surface area (Å²) in [6.07, 6.45) is 1.65. The average molecular weight is 291 g/mol. The van der Waals surface area contributed by atoms with Crippen molar-refractivity contribution in [2.45, 2.75) is 26.4 Å². The van der Waals surface area contributed by atoms with Crippen LogP contribution in [0.4, 0.5) is 5.69 Å². The molecule has 0 heterocycles. The van der Waals surface area contributed by atoms with Gasteiger partial charge in [0.25, 0.3) is 0 Å². The topological polar surface area (TPSA) is 66.8 Å². The van der Waals surface area contributed by atoms with Crippen molar-refractivity contribution in [2.75, 3.05) is 19.0 Å². The maximum atomic E-state index is 11.9. The maximum absolute atomic E-state index is 11.9. The molecule has 1 aromatic carbocycles. The predicted octanol–water partition coefficient (Wildman–Crippen LogP) is 2.56. The lowest BCUT2D eigenvalue weighted by atomic mass is 10.1. The fourth-order valence-corrected chi connectivity index (χ4v) is 1.57. The third kappa shape index (κ3) is 4.95. The highest BCUT2D eigenvalue weighted by molar-refractivity contribution is 6.17. The first-order valence-electron chi connectivity index (χ1n) is 6.78. The molecular formula is C16H21NO4. The molecule has 1 atom stereocenters. The van der Waals surface area contributed by atoms with Crippen LogP contribution in [0.3, 0.4) is 0 Å². The number of ether oxygens (including phenoxy) is 1. The maximum Gasteiger partial charge on any atom is 0.345 e. The van der Waals surface area contributed by atoms with Gasteiger partial charge in [-0.3, -0.25) is 0 Å². The van der Waals surface area contributed by atoms with Crippen molar-refractivity contribution in [3.8, 4) is 0 Å². The van der Waals surface area contributed by atoms with Crippen LogP contribution in [-0.4, -0.2) is 37.2 Å². The number of carboxylic acids is 1. The van der Waals surface area contributed by atoms with Gasteiger partial charge in [0, 0.05) is 19.8 Å². The van der Waals surface area contributed by atoms with Crippen LogP contribution in [0.2, 0.25) is 0 Å². The quantitative estimate of drug-likeness (QED) is 0.377. The molecule has 0 spiro atoms. The zero-order valence-corrected chi connectivity index (χ0v) is 12.8. The number of aliphatic carboxylic acids is 1. The first-order chi connectivity index (χ1) is 9.85. The molecule has 0 saturated heterocycles. The lowest BCUT2D eigenvalue weighted by molar-refractivity contribution is -0.147. The van der Waals surface area contributed by atoms with Crippen LogP contribution in [0.5, 0.6) is 0 Å². The van der Waals surface area contributed by atoms with Gasteiger partial charge in [0.05, 0.1) is 6.10 Å². The number of esters is 1. The molecule has 0 amide bonds. The first-order valence-corrected chi connectivity index (χ1v) is 6.78. The normalized spacial score (nSPS) is 12.7. The fraction of sp³-hybridized carbons (Fsp3) is 0.375. The van der Waals surface area contributed by atoms with Gasteiger partial charge in [-0.15, -0.1) is 0 Å². The third-order valence-electron chi connectivity index (χ3n) is 3.05. The molecule has 1 N–H and O–H groups in total. The molecule has 0 bridgehead atoms. The van der Waals surface area contributed by atoms with Crippen LogP contribution in [0.25, 0.3) is 6.08 Å². The summed E-state index contributed by atoms with van der Waals surface area (Å²) in [5.74, 6) is -2.10. The molecule has 1 rings (SSSR count). The summed E-state index contributed by atoms with van der Waals surface area (Å²) in [5.41, 5.74) is 1.26. The molecule has 0 saturated carbocycles. The van der Waals surface area contributed by atoms with Crippen molar-refractivity contribution in [1.29, 1.82) is 0 Å². The van der Waals surface area contributed by atoms with Gasteiger partial charge in [-0.1, -0.05) is 19.1 Å². The highest BCUT2D eigenvalue weighted by Gasteiger charge is 2.20. The zero-order chi connectivity index (χ0) is 16.0. The molecule has 21 heavy (non-hydrogen) atoms. The Kier molecular flexibility index (Phi) is 5.96. The van der Waals surface area contributed by atoms with Gasteiger partial charge in [-0.05, 0) is 37.1 Å². The summed E-state index contributed by atoms with van der Waals surface area (Å²) in [6.45, 7) is 3.59. The molecule has 0 aliphatic rings. The van der Waals surface area contributed by atoms with Crippen LogP contribution in [0, 0.1) is 0 Å². The molecule has 0 aromatic heterocycles. The van der Waals surface area contributed by atoms with Gasteiger partial charge in [-0.2, -0.15) is 0 Å². The van der Waals surface area contributed by atoms with Gasteiger partial charge in [0.2, 0.25) is 0 Å². The Labute approximate surface area is 124 Å². The van der Waals surface area contributed by atoms with Gasteiger partial charge in [0.15, 0.2) is 0 Å². The minimum atomic E-state index is -1.29. The molecule has 0 aliphatic carbocycles. The number of rotatable bonds is 6. The summed E-state index contributed by atoms with van der Waals surface area (Å²) in [4.78, 5) is 25.0. The van der Waals surface area contributed by atoms with Crippen molar-refractivity contribution >= 4 is 23.7 Å². The molecule has 5 nitrogen and oxygen atoms in total. The molecule has 0 fully saturated rings. The SMILES string of the molecule is CCC(C)OC(=O)C(=Cc1ccc(N(C)C)cc1)C(=O)O. The van der Waals surface area contributed by atoms with E-state index in [4.69, 9.17) is 9.84 Å². The van der Waals surface area contributed by atoms with Crippen molar-refractivity contribution in [3.05, 3.63) is 35.4 Å². The molecule has 5 heteroatoms. The molecule has 1 unspecified atom stereocenters. The Hall–Kier alpha value is -2.30. The summed E-state index contributed by atoms with van der Waals surface area (Å²) < 4.78 is 5.06. The number of hydrogen-bond acceptors (Lipinski definition) is 4. The second kappa shape index (κ2) is 7.47. The lowest BCUT2D eigenvalue weighted by Gasteiger charge is -2.12. The van der Waals surface area contributed by atoms with E-state index in [1.54, 1.807) is 19.1 Å². The fourth-order valence-electron chi connectivity index (χ4n) is 1.57. The van der Waals surface area contributed by atoms with Crippen LogP contribution in [-0.2, 0) is 14.3 Å². The van der Waals surface area contributed by atoms with E-state index in [1.165, 1.54) is 6.08 Å². The van der Waals surface area contributed by atoms with Gasteiger partial charge in [0.1, 0.15) is 5.57 Å². The Morgan fingerprint density at radius 3 is 2.29 bits per heavy atom. The monoisotopic (exact) mass is 291 g/mol. The largest absolute Gasteiger partial charge is 0.477 e. The van der Waals surface area contributed by atoms with Crippen molar-refractivity contribution in [3.63, 3.8) is 0 Å². The Morgan fingerprint density at radius 2 is 1.86 bits per heavy atom. The lowest BCUT2D eigenvalue weighted by Crippen LogP contribution is -2.20. The third-order valence-corrected chi connectivity index (χ3v) is 3.05. The first kappa shape index (κ1) is 16.8. The summed E-state index contributed by atoms with van der Waals surface area (Å²) in [5, 5.41) is 9.16. The average Bonchev–Trinajstić information content (AvgIpc) is 2.44. The van der Waals surface area contributed by atoms with Crippen LogP contribution in [0.15, 0.2) is 29.8 Å². The van der Waals surface area contributed by atoms with Crippen molar-refractivity contribution in [1.82, 2.24) is 0 Å². The van der Waals surface area contributed by atoms with E-state index in [0.29, 0.717) is 12.0 Å². The van der Waals surface area contributed by atoms with E-state index in [2.05, 4.69) is 0 Å². The van der Waals surface area contributed by atoms with Crippen molar-refractivity contribution < 1.29 is 19.4 Å². The van der Waals surface area contributed by atoms with Crippen LogP contribution in [0.1, 0.15) is 25.8 Å². The van der Waals surface area contributed by atoms with Crippen LogP contribution < -0.4 is 4.90 Å². The van der Waals surface area contributed by atoms with Crippen molar-refractivity contribution in [2.24, 2.45) is 0 Å². The molecular weight excluding hydrogens is 270 g/mol. The Bertz CT molecular complexity index is 532. The second-order valence-corrected chi connectivity index (χ2v) is 4.97. The Balaban J connectivity index is 2.99. The summed E-state index contributed by atoms with van der Waals surface area (Å²) in [7, 11) is 3.83. The summed E-state index contributed by atoms with van der Waals surface area (Å²) in [6, 6.07) is 7.22. The highest BCUT2D eigenvalue weighted by Crippen LogP contribution is 2.16. The molecule has 1 aromatic rings. The zero-order valence-electron chi connectivity index (χ0n) is 12.8. The smallest absolute Gasteiger partial charge is 0.345 e. The van der Waals surface area contributed by atoms with E-state index in [9.17, 15) is 9.59 Å². The molecule has 0 radical (unpaired) electrons. The van der Waals surface area contributed by atoms with E-state index in [1.807, 2.05) is 38.1 Å². The van der Waals surface area contributed by atoms with Gasteiger partial charge < -0.3 is 14.7 Å². The van der Waals surface area contributed by atoms with Crippen LogP contribution >= 0.6 is 0 Å². The van der Waals surface area contributed by atoms with E-state index < -0.39 is 11.9 Å². The predicted molar refractivity (Wildman–Crippen MR) is 82.2 cm³/mol. The number of carboxylic acid groups (broad SMARTS) is 1. The molecule has 0 aliphatic heterocycles. The number of carbonyl (C=O) groups excluding carboxylic acids is 1. The summed E-state index contributed by atoms with van der Waals surface area (Å²) >= 11 is 0. The number of anilines is 1. The number of nitrogens with zero attached hydrogens (tertiary/aromatic N) is 1. The second-order valence-electron chi connectivity index (χ2n) is 4.97. The Morgan fingerprint density at radius 1 is 1.29 bits per heavy atom. The van der Waals surface area contributed by atoms with Gasteiger partial charge >= 0.3 is 11.9 Å². The van der Waals surface area contributed by atoms with E-state index in [-0.39, 0.29) is 11.7 Å². The molecule has 114 valence electrons. The van der Waals surface area contributed by atoms with E-state index in [0.717, 1.165) is 5.69 Å². The van der Waals surface area contributed by atoms with Gasteiger partial charge in [-0.25, -0.2) is 9.59 Å². The number of carbonyl (C=O) groups is 2. The minimum absolute atomic E-state index is 0.309. The number of hydrogen-bond donors (Lipinski definition) is 1.